The van der Waals surface area contributed by atoms with Crippen LogP contribution < -0.4 is 5.73 Å². The number of hydrogen-bond donors (Lipinski definition) is 2. The van der Waals surface area contributed by atoms with Crippen molar-refractivity contribution >= 4 is 5.69 Å². The molecule has 1 rings (SSSR count). The van der Waals surface area contributed by atoms with Gasteiger partial charge in [0.1, 0.15) is 0 Å². The number of benzene rings is 1. The first-order valence-corrected chi connectivity index (χ1v) is 4.75. The minimum Gasteiger partial charge on any atom is -0.399 e. The molecule has 0 heterocycles. The fourth-order valence-electron chi connectivity index (χ4n) is 1.41. The summed E-state index contributed by atoms with van der Waals surface area (Å²) in [5, 5.41) is 9.57. The molecule has 1 aromatic rings. The Bertz CT molecular complexity index is 260. The highest BCUT2D eigenvalue weighted by Gasteiger charge is 2.05. The number of nitrogen functional groups attached to an aromatic ring is 1. The van der Waals surface area contributed by atoms with Gasteiger partial charge in [0.15, 0.2) is 0 Å². The first-order valence-electron chi connectivity index (χ1n) is 4.75. The maximum atomic E-state index is 9.57. The van der Waals surface area contributed by atoms with E-state index in [1.54, 1.807) is 0 Å². The van der Waals surface area contributed by atoms with E-state index in [1.807, 2.05) is 24.3 Å². The van der Waals surface area contributed by atoms with Gasteiger partial charge in [-0.05, 0) is 18.1 Å². The Morgan fingerprint density at radius 1 is 1.38 bits per heavy atom. The minimum atomic E-state index is -0.255. The van der Waals surface area contributed by atoms with Gasteiger partial charge in [-0.1, -0.05) is 31.5 Å². The number of para-hydroxylation sites is 1. The lowest BCUT2D eigenvalue weighted by Gasteiger charge is -2.10. The van der Waals surface area contributed by atoms with E-state index in [2.05, 4.69) is 6.92 Å². The molecule has 0 saturated heterocycles. The van der Waals surface area contributed by atoms with E-state index in [4.69, 9.17) is 5.73 Å². The van der Waals surface area contributed by atoms with Crippen LogP contribution in [-0.2, 0) is 6.42 Å². The number of aliphatic hydroxyl groups excluding tert-OH is 1. The lowest BCUT2D eigenvalue weighted by molar-refractivity contribution is 0.164. The summed E-state index contributed by atoms with van der Waals surface area (Å²) in [6, 6.07) is 7.69. The molecule has 2 nitrogen and oxygen atoms in total. The predicted octanol–water partition coefficient (Wildman–Crippen LogP) is 1.97. The largest absolute Gasteiger partial charge is 0.399 e. The molecule has 0 aliphatic heterocycles. The van der Waals surface area contributed by atoms with Crippen LogP contribution in [0.15, 0.2) is 24.3 Å². The number of hydrogen-bond acceptors (Lipinski definition) is 2. The topological polar surface area (TPSA) is 46.2 Å². The van der Waals surface area contributed by atoms with Crippen molar-refractivity contribution in [3.63, 3.8) is 0 Å². The molecule has 13 heavy (non-hydrogen) atoms. The van der Waals surface area contributed by atoms with Crippen LogP contribution in [0.25, 0.3) is 0 Å². The van der Waals surface area contributed by atoms with Gasteiger partial charge in [-0.15, -0.1) is 0 Å². The molecule has 0 saturated carbocycles. The van der Waals surface area contributed by atoms with E-state index in [-0.39, 0.29) is 6.10 Å². The van der Waals surface area contributed by atoms with Crippen molar-refractivity contribution in [2.45, 2.75) is 32.3 Å². The van der Waals surface area contributed by atoms with Crippen LogP contribution in [0.1, 0.15) is 25.3 Å². The Kier molecular flexibility index (Phi) is 3.77. The number of nitrogens with two attached hydrogens (primary N) is 1. The Morgan fingerprint density at radius 3 is 2.69 bits per heavy atom. The van der Waals surface area contributed by atoms with E-state index in [0.717, 1.165) is 24.1 Å². The maximum absolute atomic E-state index is 9.57. The molecule has 0 fully saturated rings. The van der Waals surface area contributed by atoms with Gasteiger partial charge in [0.2, 0.25) is 0 Å². The van der Waals surface area contributed by atoms with Crippen LogP contribution >= 0.6 is 0 Å². The quantitative estimate of drug-likeness (QED) is 0.694. The fraction of sp³-hybridized carbons (Fsp3) is 0.455. The van der Waals surface area contributed by atoms with Gasteiger partial charge in [0.25, 0.3) is 0 Å². The third-order valence-electron chi connectivity index (χ3n) is 2.13. The lowest BCUT2D eigenvalue weighted by Crippen LogP contribution is -2.10. The van der Waals surface area contributed by atoms with Crippen molar-refractivity contribution in [3.05, 3.63) is 29.8 Å². The number of rotatable bonds is 4. The zero-order valence-electron chi connectivity index (χ0n) is 8.03. The zero-order chi connectivity index (χ0) is 9.68. The monoisotopic (exact) mass is 179 g/mol. The van der Waals surface area contributed by atoms with E-state index in [9.17, 15) is 5.11 Å². The summed E-state index contributed by atoms with van der Waals surface area (Å²) in [6.45, 7) is 2.07. The first-order chi connectivity index (χ1) is 6.24. The van der Waals surface area contributed by atoms with Gasteiger partial charge in [-0.2, -0.15) is 0 Å². The van der Waals surface area contributed by atoms with Gasteiger partial charge >= 0.3 is 0 Å². The van der Waals surface area contributed by atoms with E-state index < -0.39 is 0 Å². The van der Waals surface area contributed by atoms with Crippen molar-refractivity contribution in [1.82, 2.24) is 0 Å². The molecular weight excluding hydrogens is 162 g/mol. The average molecular weight is 179 g/mol. The Balaban J connectivity index is 2.58. The summed E-state index contributed by atoms with van der Waals surface area (Å²) in [6.07, 6.45) is 2.26. The van der Waals surface area contributed by atoms with Crippen molar-refractivity contribution in [3.8, 4) is 0 Å². The Labute approximate surface area is 79.4 Å². The van der Waals surface area contributed by atoms with Crippen LogP contribution in [0.5, 0.6) is 0 Å². The summed E-state index contributed by atoms with van der Waals surface area (Å²) in [4.78, 5) is 0. The molecule has 72 valence electrons. The van der Waals surface area contributed by atoms with Crippen molar-refractivity contribution in [2.75, 3.05) is 5.73 Å². The molecule has 0 radical (unpaired) electrons. The van der Waals surface area contributed by atoms with E-state index in [1.165, 1.54) is 0 Å². The number of aliphatic hydroxyl groups is 1. The first kappa shape index (κ1) is 10.1. The van der Waals surface area contributed by atoms with Crippen LogP contribution in [0.4, 0.5) is 5.69 Å². The normalized spacial score (nSPS) is 12.8. The second-order valence-electron chi connectivity index (χ2n) is 3.35. The second-order valence-corrected chi connectivity index (χ2v) is 3.35. The zero-order valence-corrected chi connectivity index (χ0v) is 8.03. The average Bonchev–Trinajstić information content (AvgIpc) is 2.09. The summed E-state index contributed by atoms with van der Waals surface area (Å²) in [5.41, 5.74) is 7.57. The van der Waals surface area contributed by atoms with Crippen LogP contribution in [-0.4, -0.2) is 11.2 Å². The van der Waals surface area contributed by atoms with Crippen LogP contribution in [0, 0.1) is 0 Å². The smallest absolute Gasteiger partial charge is 0.0581 e. The highest BCUT2D eigenvalue weighted by Crippen LogP contribution is 2.14. The maximum Gasteiger partial charge on any atom is 0.0581 e. The molecule has 0 spiro atoms. The SMILES string of the molecule is CCCC(O)Cc1ccccc1N. The highest BCUT2D eigenvalue weighted by molar-refractivity contribution is 5.46. The molecule has 1 atom stereocenters. The number of anilines is 1. The summed E-state index contributed by atoms with van der Waals surface area (Å²) in [5.74, 6) is 0. The molecule has 0 aliphatic carbocycles. The fourth-order valence-corrected chi connectivity index (χ4v) is 1.41. The standard InChI is InChI=1S/C11H17NO/c1-2-5-10(13)8-9-6-3-4-7-11(9)12/h3-4,6-7,10,13H,2,5,8,12H2,1H3. The molecule has 1 aromatic carbocycles. The molecule has 0 aromatic heterocycles. The van der Waals surface area contributed by atoms with Gasteiger partial charge < -0.3 is 10.8 Å². The van der Waals surface area contributed by atoms with E-state index >= 15 is 0 Å². The van der Waals surface area contributed by atoms with Crippen LogP contribution in [0.2, 0.25) is 0 Å². The van der Waals surface area contributed by atoms with Gasteiger partial charge in [0, 0.05) is 12.1 Å². The predicted molar refractivity (Wildman–Crippen MR) is 55.5 cm³/mol. The van der Waals surface area contributed by atoms with Gasteiger partial charge in [-0.3, -0.25) is 0 Å². The van der Waals surface area contributed by atoms with Gasteiger partial charge in [-0.25, -0.2) is 0 Å². The third-order valence-corrected chi connectivity index (χ3v) is 2.13. The highest BCUT2D eigenvalue weighted by atomic mass is 16.3. The molecule has 3 N–H and O–H groups in total. The summed E-state index contributed by atoms with van der Waals surface area (Å²) < 4.78 is 0. The van der Waals surface area contributed by atoms with Crippen molar-refractivity contribution in [1.29, 1.82) is 0 Å². The lowest BCUT2D eigenvalue weighted by atomic mass is 10.0. The minimum absolute atomic E-state index is 0.255. The van der Waals surface area contributed by atoms with Crippen molar-refractivity contribution in [2.24, 2.45) is 0 Å². The van der Waals surface area contributed by atoms with E-state index in [0.29, 0.717) is 6.42 Å². The molecule has 0 amide bonds. The van der Waals surface area contributed by atoms with Crippen molar-refractivity contribution < 1.29 is 5.11 Å². The molecular formula is C11H17NO. The molecule has 1 unspecified atom stereocenters. The molecule has 0 aliphatic rings. The van der Waals surface area contributed by atoms with Gasteiger partial charge in [0.05, 0.1) is 6.10 Å². The Morgan fingerprint density at radius 2 is 2.08 bits per heavy atom. The second kappa shape index (κ2) is 4.87. The Hall–Kier alpha value is -1.02. The molecule has 2 heteroatoms. The summed E-state index contributed by atoms with van der Waals surface area (Å²) >= 11 is 0. The summed E-state index contributed by atoms with van der Waals surface area (Å²) in [7, 11) is 0. The van der Waals surface area contributed by atoms with Crippen LogP contribution in [0.3, 0.4) is 0 Å². The molecule has 0 bridgehead atoms. The third kappa shape index (κ3) is 3.07.